The lowest BCUT2D eigenvalue weighted by Gasteiger charge is -2.09. The number of rotatable bonds is 10. The zero-order valence-corrected chi connectivity index (χ0v) is 17.9. The van der Waals surface area contributed by atoms with E-state index in [0.29, 0.717) is 16.4 Å². The van der Waals surface area contributed by atoms with E-state index in [0.717, 1.165) is 6.07 Å². The zero-order valence-electron chi connectivity index (χ0n) is 16.3. The first-order valence-electron chi connectivity index (χ1n) is 8.78. The third kappa shape index (κ3) is 6.37. The van der Waals surface area contributed by atoms with E-state index in [4.69, 9.17) is 0 Å². The van der Waals surface area contributed by atoms with Gasteiger partial charge in [0.2, 0.25) is 15.9 Å². The van der Waals surface area contributed by atoms with E-state index in [2.05, 4.69) is 20.0 Å². The van der Waals surface area contributed by atoms with Crippen LogP contribution < -0.4 is 15.6 Å². The molecule has 11 nitrogen and oxygen atoms in total. The van der Waals surface area contributed by atoms with Crippen LogP contribution >= 0.6 is 11.8 Å². The number of nitrogens with one attached hydrogen (secondary N) is 3. The maximum absolute atomic E-state index is 12.2. The number of carbonyl (C=O) groups excluding carboxylic acids is 1. The molecule has 0 atom stereocenters. The summed E-state index contributed by atoms with van der Waals surface area (Å²) in [7, 11) is -3.95. The summed E-state index contributed by atoms with van der Waals surface area (Å²) < 4.78 is 26.7. The molecule has 0 aliphatic heterocycles. The van der Waals surface area contributed by atoms with Gasteiger partial charge in [0.25, 0.3) is 11.2 Å². The fourth-order valence-corrected chi connectivity index (χ4v) is 4.03. The van der Waals surface area contributed by atoms with Gasteiger partial charge in [0.05, 0.1) is 9.82 Å². The minimum Gasteiger partial charge on any atom is -0.355 e. The Morgan fingerprint density at radius 3 is 2.70 bits per heavy atom. The minimum absolute atomic E-state index is 0.0198. The fraction of sp³-hybridized carbons (Fsp3) is 0.353. The van der Waals surface area contributed by atoms with Crippen molar-refractivity contribution < 1.29 is 18.1 Å². The van der Waals surface area contributed by atoms with Crippen molar-refractivity contribution in [3.8, 4) is 0 Å². The largest absolute Gasteiger partial charge is 0.355 e. The average Bonchev–Trinajstić information content (AvgIpc) is 2.70. The molecule has 1 aromatic carbocycles. The number of amides is 1. The molecular weight excluding hydrogens is 434 g/mol. The molecule has 0 spiro atoms. The maximum atomic E-state index is 12.2. The number of benzene rings is 1. The van der Waals surface area contributed by atoms with Gasteiger partial charge in [-0.05, 0) is 25.7 Å². The Kier molecular flexibility index (Phi) is 8.08. The number of nitrogens with zero attached hydrogens (tertiary/aromatic N) is 2. The Morgan fingerprint density at radius 2 is 2.07 bits per heavy atom. The molecule has 162 valence electrons. The van der Waals surface area contributed by atoms with Crippen molar-refractivity contribution in [3.05, 3.63) is 56.0 Å². The molecule has 0 bridgehead atoms. The molecule has 0 unspecified atom stereocenters. The van der Waals surface area contributed by atoms with Crippen molar-refractivity contribution in [2.75, 3.05) is 19.3 Å². The first-order valence-corrected chi connectivity index (χ1v) is 11.5. The molecule has 0 saturated carbocycles. The van der Waals surface area contributed by atoms with Crippen molar-refractivity contribution in [2.45, 2.75) is 29.8 Å². The van der Waals surface area contributed by atoms with Gasteiger partial charge in [-0.15, -0.1) is 0 Å². The average molecular weight is 456 g/mol. The van der Waals surface area contributed by atoms with Crippen LogP contribution in [0.4, 0.5) is 5.69 Å². The van der Waals surface area contributed by atoms with Gasteiger partial charge in [0.15, 0.2) is 5.16 Å². The maximum Gasteiger partial charge on any atom is 0.270 e. The van der Waals surface area contributed by atoms with Crippen LogP contribution in [0.5, 0.6) is 0 Å². The second-order valence-electron chi connectivity index (χ2n) is 6.14. The van der Waals surface area contributed by atoms with Gasteiger partial charge in [0.1, 0.15) is 0 Å². The van der Waals surface area contributed by atoms with Crippen LogP contribution in [0.15, 0.2) is 39.1 Å². The number of H-pyrrole nitrogens is 1. The molecule has 0 radical (unpaired) electrons. The SMILES string of the molecule is CSc1nc(C)c(CCC(=O)NCCNS(=O)(=O)c2cccc([N+](=O)[O-])c2)c(=O)[nH]1. The summed E-state index contributed by atoms with van der Waals surface area (Å²) in [6.45, 7) is 1.62. The normalized spacial score (nSPS) is 11.3. The Balaban J connectivity index is 1.83. The molecule has 2 aromatic rings. The van der Waals surface area contributed by atoms with E-state index < -0.39 is 14.9 Å². The first-order chi connectivity index (χ1) is 14.1. The third-order valence-electron chi connectivity index (χ3n) is 4.07. The molecule has 0 aliphatic rings. The van der Waals surface area contributed by atoms with Crippen LogP contribution in [0.2, 0.25) is 0 Å². The summed E-state index contributed by atoms with van der Waals surface area (Å²) in [6.07, 6.45) is 2.04. The molecular formula is C17H21N5O6S2. The first kappa shape index (κ1) is 23.5. The quantitative estimate of drug-likeness (QED) is 0.155. The van der Waals surface area contributed by atoms with E-state index in [-0.39, 0.29) is 48.0 Å². The molecule has 1 amide bonds. The molecule has 30 heavy (non-hydrogen) atoms. The van der Waals surface area contributed by atoms with Crippen LogP contribution in [-0.4, -0.2) is 48.6 Å². The Hall–Kier alpha value is -2.77. The monoisotopic (exact) mass is 455 g/mol. The van der Waals surface area contributed by atoms with Crippen molar-refractivity contribution in [2.24, 2.45) is 0 Å². The fourth-order valence-electron chi connectivity index (χ4n) is 2.54. The van der Waals surface area contributed by atoms with Gasteiger partial charge >= 0.3 is 0 Å². The number of aromatic amines is 1. The van der Waals surface area contributed by atoms with Crippen LogP contribution in [-0.2, 0) is 21.2 Å². The van der Waals surface area contributed by atoms with Crippen LogP contribution in [0.3, 0.4) is 0 Å². The standard InChI is InChI=1S/C17H21N5O6S2/c1-11-14(16(24)21-17(20-11)29-2)6-7-15(23)18-8-9-19-30(27,28)13-5-3-4-12(10-13)22(25)26/h3-5,10,19H,6-9H2,1-2H3,(H,18,23)(H,20,21,24). The van der Waals surface area contributed by atoms with E-state index in [1.807, 2.05) is 0 Å². The molecule has 1 heterocycles. The third-order valence-corrected chi connectivity index (χ3v) is 6.11. The predicted octanol–water partition coefficient (Wildman–Crippen LogP) is 0.736. The Labute approximate surface area is 176 Å². The molecule has 0 aliphatic carbocycles. The van der Waals surface area contributed by atoms with Gasteiger partial charge in [-0.3, -0.25) is 19.7 Å². The number of nitro benzene ring substituents is 1. The summed E-state index contributed by atoms with van der Waals surface area (Å²) in [5.74, 6) is -0.350. The summed E-state index contributed by atoms with van der Waals surface area (Å²) in [4.78, 5) is 40.7. The number of carbonyl (C=O) groups is 1. The Bertz CT molecular complexity index is 1100. The van der Waals surface area contributed by atoms with E-state index in [9.17, 15) is 28.1 Å². The summed E-state index contributed by atoms with van der Waals surface area (Å²) in [5, 5.41) is 13.8. The smallest absolute Gasteiger partial charge is 0.270 e. The van der Waals surface area contributed by atoms with Gasteiger partial charge in [-0.2, -0.15) is 0 Å². The summed E-state index contributed by atoms with van der Waals surface area (Å²) in [6, 6.07) is 4.66. The lowest BCUT2D eigenvalue weighted by atomic mass is 10.1. The van der Waals surface area contributed by atoms with E-state index in [1.54, 1.807) is 13.2 Å². The van der Waals surface area contributed by atoms with Gasteiger partial charge in [-0.25, -0.2) is 18.1 Å². The van der Waals surface area contributed by atoms with E-state index in [1.165, 1.54) is 30.0 Å². The number of hydrogen-bond donors (Lipinski definition) is 3. The second-order valence-corrected chi connectivity index (χ2v) is 8.70. The number of aryl methyl sites for hydroxylation is 1. The number of non-ortho nitro benzene ring substituents is 1. The molecule has 0 fully saturated rings. The van der Waals surface area contributed by atoms with Gasteiger partial charge in [-0.1, -0.05) is 17.8 Å². The van der Waals surface area contributed by atoms with Crippen LogP contribution in [0.1, 0.15) is 17.7 Å². The molecule has 3 N–H and O–H groups in total. The molecule has 13 heteroatoms. The van der Waals surface area contributed by atoms with Crippen LogP contribution in [0, 0.1) is 17.0 Å². The summed E-state index contributed by atoms with van der Waals surface area (Å²) >= 11 is 1.31. The predicted molar refractivity (Wildman–Crippen MR) is 111 cm³/mol. The lowest BCUT2D eigenvalue weighted by molar-refractivity contribution is -0.385. The van der Waals surface area contributed by atoms with Crippen molar-refractivity contribution in [1.82, 2.24) is 20.0 Å². The highest BCUT2D eigenvalue weighted by atomic mass is 32.2. The number of hydrogen-bond acceptors (Lipinski definition) is 8. The zero-order chi connectivity index (χ0) is 22.3. The van der Waals surface area contributed by atoms with Gasteiger partial charge in [0, 0.05) is 42.9 Å². The highest BCUT2D eigenvalue weighted by molar-refractivity contribution is 7.98. The molecule has 0 saturated heterocycles. The van der Waals surface area contributed by atoms with Crippen LogP contribution in [0.25, 0.3) is 0 Å². The minimum atomic E-state index is -3.95. The number of sulfonamides is 1. The van der Waals surface area contributed by atoms with Crippen molar-refractivity contribution >= 4 is 33.4 Å². The second kappa shape index (κ2) is 10.3. The van der Waals surface area contributed by atoms with Crippen molar-refractivity contribution in [3.63, 3.8) is 0 Å². The lowest BCUT2D eigenvalue weighted by Crippen LogP contribution is -2.35. The number of aromatic nitrogens is 2. The number of thioether (sulfide) groups is 1. The van der Waals surface area contributed by atoms with E-state index >= 15 is 0 Å². The molecule has 2 rings (SSSR count). The Morgan fingerprint density at radius 1 is 1.33 bits per heavy atom. The highest BCUT2D eigenvalue weighted by Crippen LogP contribution is 2.16. The van der Waals surface area contributed by atoms with Gasteiger partial charge < -0.3 is 10.3 Å². The molecule has 1 aromatic heterocycles. The highest BCUT2D eigenvalue weighted by Gasteiger charge is 2.17. The number of nitro groups is 1. The topological polar surface area (TPSA) is 164 Å². The summed E-state index contributed by atoms with van der Waals surface area (Å²) in [5.41, 5.74) is 0.357. The van der Waals surface area contributed by atoms with Crippen molar-refractivity contribution in [1.29, 1.82) is 0 Å².